The molecule has 0 heterocycles. The van der Waals surface area contributed by atoms with Crippen molar-refractivity contribution in [2.75, 3.05) is 5.32 Å². The molecule has 0 fully saturated rings. The molecule has 0 saturated heterocycles. The predicted molar refractivity (Wildman–Crippen MR) is 82.4 cm³/mol. The van der Waals surface area contributed by atoms with E-state index in [1.807, 2.05) is 37.3 Å². The maximum absolute atomic E-state index is 13.7. The Morgan fingerprint density at radius 2 is 1.81 bits per heavy atom. The van der Waals surface area contributed by atoms with Gasteiger partial charge in [-0.05, 0) is 24.6 Å². The van der Waals surface area contributed by atoms with Crippen molar-refractivity contribution in [2.24, 2.45) is 0 Å². The lowest BCUT2D eigenvalue weighted by Crippen LogP contribution is -2.20. The maximum Gasteiger partial charge on any atom is 0.221 e. The summed E-state index contributed by atoms with van der Waals surface area (Å²) in [5, 5.41) is 6.07. The second-order valence-electron chi connectivity index (χ2n) is 4.96. The molecule has 0 aliphatic rings. The summed E-state index contributed by atoms with van der Waals surface area (Å²) in [6.07, 6.45) is 0. The van der Waals surface area contributed by atoms with Gasteiger partial charge in [0.1, 0.15) is 5.82 Å². The molecule has 110 valence electrons. The third-order valence-electron chi connectivity index (χ3n) is 3.30. The Kier molecular flexibility index (Phi) is 5.06. The van der Waals surface area contributed by atoms with Gasteiger partial charge in [-0.2, -0.15) is 0 Å². The molecular weight excluding hydrogens is 267 g/mol. The van der Waals surface area contributed by atoms with Gasteiger partial charge in [-0.3, -0.25) is 4.79 Å². The first-order valence-corrected chi connectivity index (χ1v) is 6.91. The number of carbonyl (C=O) groups excluding carboxylic acids is 1. The summed E-state index contributed by atoms with van der Waals surface area (Å²) in [6.45, 7) is 3.94. The third-order valence-corrected chi connectivity index (χ3v) is 3.30. The van der Waals surface area contributed by atoms with Crippen molar-refractivity contribution in [3.05, 3.63) is 65.5 Å². The molecule has 1 amide bonds. The van der Waals surface area contributed by atoms with Crippen LogP contribution in [0.1, 0.15) is 31.0 Å². The molecule has 21 heavy (non-hydrogen) atoms. The van der Waals surface area contributed by atoms with E-state index in [-0.39, 0.29) is 17.8 Å². The zero-order chi connectivity index (χ0) is 15.2. The van der Waals surface area contributed by atoms with Crippen LogP contribution in [0.2, 0.25) is 0 Å². The molecule has 0 spiro atoms. The van der Waals surface area contributed by atoms with Gasteiger partial charge in [-0.25, -0.2) is 4.39 Å². The zero-order valence-corrected chi connectivity index (χ0v) is 12.2. The Bertz CT molecular complexity index is 628. The predicted octanol–water partition coefficient (Wildman–Crippen LogP) is 3.63. The normalized spacial score (nSPS) is 12.0. The van der Waals surface area contributed by atoms with E-state index in [0.29, 0.717) is 12.1 Å². The van der Waals surface area contributed by atoms with Gasteiger partial charge in [0.25, 0.3) is 0 Å². The van der Waals surface area contributed by atoms with Crippen LogP contribution in [0.25, 0.3) is 0 Å². The Morgan fingerprint density at radius 3 is 2.52 bits per heavy atom. The van der Waals surface area contributed by atoms with Gasteiger partial charge in [0.05, 0.1) is 0 Å². The fourth-order valence-electron chi connectivity index (χ4n) is 2.19. The first-order valence-electron chi connectivity index (χ1n) is 6.91. The summed E-state index contributed by atoms with van der Waals surface area (Å²) < 4.78 is 13.7. The van der Waals surface area contributed by atoms with Crippen molar-refractivity contribution < 1.29 is 9.18 Å². The summed E-state index contributed by atoms with van der Waals surface area (Å²) in [6, 6.07) is 14.2. The SMILES string of the molecule is CC(=O)Nc1ccccc1CNC(C)c1ccccc1F. The van der Waals surface area contributed by atoms with Crippen LogP contribution in [-0.2, 0) is 11.3 Å². The first kappa shape index (κ1) is 15.2. The molecule has 0 bridgehead atoms. The van der Waals surface area contributed by atoms with Crippen LogP contribution < -0.4 is 10.6 Å². The largest absolute Gasteiger partial charge is 0.326 e. The molecule has 2 rings (SSSR count). The number of amides is 1. The van der Waals surface area contributed by atoms with Crippen LogP contribution in [0, 0.1) is 5.82 Å². The molecule has 0 aliphatic carbocycles. The van der Waals surface area contributed by atoms with Crippen LogP contribution in [0.15, 0.2) is 48.5 Å². The lowest BCUT2D eigenvalue weighted by molar-refractivity contribution is -0.114. The van der Waals surface area contributed by atoms with E-state index in [1.165, 1.54) is 13.0 Å². The van der Waals surface area contributed by atoms with E-state index in [9.17, 15) is 9.18 Å². The molecule has 1 atom stereocenters. The average molecular weight is 286 g/mol. The fraction of sp³-hybridized carbons (Fsp3) is 0.235. The first-order chi connectivity index (χ1) is 10.1. The van der Waals surface area contributed by atoms with Crippen molar-refractivity contribution in [1.82, 2.24) is 5.32 Å². The van der Waals surface area contributed by atoms with Crippen LogP contribution in [0.5, 0.6) is 0 Å². The average Bonchev–Trinajstić information content (AvgIpc) is 2.46. The molecule has 3 nitrogen and oxygen atoms in total. The summed E-state index contributed by atoms with van der Waals surface area (Å²) >= 11 is 0. The third kappa shape index (κ3) is 4.13. The van der Waals surface area contributed by atoms with Crippen molar-refractivity contribution in [3.8, 4) is 0 Å². The van der Waals surface area contributed by atoms with E-state index in [2.05, 4.69) is 10.6 Å². The monoisotopic (exact) mass is 286 g/mol. The molecule has 2 aromatic carbocycles. The number of benzene rings is 2. The van der Waals surface area contributed by atoms with Crippen molar-refractivity contribution >= 4 is 11.6 Å². The minimum Gasteiger partial charge on any atom is -0.326 e. The van der Waals surface area contributed by atoms with Crippen molar-refractivity contribution in [3.63, 3.8) is 0 Å². The number of hydrogen-bond donors (Lipinski definition) is 2. The number of para-hydroxylation sites is 1. The second-order valence-corrected chi connectivity index (χ2v) is 4.96. The minimum atomic E-state index is -0.215. The van der Waals surface area contributed by atoms with E-state index in [0.717, 1.165) is 11.3 Å². The molecule has 0 saturated carbocycles. The second kappa shape index (κ2) is 6.99. The molecule has 0 aromatic heterocycles. The van der Waals surface area contributed by atoms with Crippen LogP contribution in [-0.4, -0.2) is 5.91 Å². The quantitative estimate of drug-likeness (QED) is 0.881. The van der Waals surface area contributed by atoms with Gasteiger partial charge in [0, 0.05) is 30.8 Å². The Hall–Kier alpha value is -2.20. The molecule has 0 radical (unpaired) electrons. The fourth-order valence-corrected chi connectivity index (χ4v) is 2.19. The zero-order valence-electron chi connectivity index (χ0n) is 12.2. The highest BCUT2D eigenvalue weighted by Crippen LogP contribution is 2.19. The van der Waals surface area contributed by atoms with Crippen molar-refractivity contribution in [2.45, 2.75) is 26.4 Å². The molecule has 1 unspecified atom stereocenters. The number of anilines is 1. The van der Waals surface area contributed by atoms with E-state index in [1.54, 1.807) is 12.1 Å². The standard InChI is InChI=1S/C17H19FN2O/c1-12(15-8-4-5-9-16(15)18)19-11-14-7-3-6-10-17(14)20-13(2)21/h3-10,12,19H,11H2,1-2H3,(H,20,21). The van der Waals surface area contributed by atoms with Gasteiger partial charge in [-0.15, -0.1) is 0 Å². The van der Waals surface area contributed by atoms with Crippen LogP contribution in [0.4, 0.5) is 10.1 Å². The number of halogens is 1. The maximum atomic E-state index is 13.7. The molecule has 2 aromatic rings. The highest BCUT2D eigenvalue weighted by molar-refractivity contribution is 5.89. The van der Waals surface area contributed by atoms with E-state index >= 15 is 0 Å². The van der Waals surface area contributed by atoms with Gasteiger partial charge in [0.2, 0.25) is 5.91 Å². The Morgan fingerprint density at radius 1 is 1.14 bits per heavy atom. The van der Waals surface area contributed by atoms with Gasteiger partial charge >= 0.3 is 0 Å². The molecular formula is C17H19FN2O. The van der Waals surface area contributed by atoms with Gasteiger partial charge in [-0.1, -0.05) is 36.4 Å². The summed E-state index contributed by atoms with van der Waals surface area (Å²) in [5.74, 6) is -0.322. The minimum absolute atomic E-state index is 0.107. The van der Waals surface area contributed by atoms with Crippen LogP contribution in [0.3, 0.4) is 0 Å². The smallest absolute Gasteiger partial charge is 0.221 e. The van der Waals surface area contributed by atoms with E-state index < -0.39 is 0 Å². The molecule has 0 aliphatic heterocycles. The number of hydrogen-bond acceptors (Lipinski definition) is 2. The highest BCUT2D eigenvalue weighted by Gasteiger charge is 2.10. The van der Waals surface area contributed by atoms with Gasteiger partial charge in [0.15, 0.2) is 0 Å². The number of carbonyl (C=O) groups is 1. The summed E-state index contributed by atoms with van der Waals surface area (Å²) in [5.41, 5.74) is 2.38. The van der Waals surface area contributed by atoms with E-state index in [4.69, 9.17) is 0 Å². The van der Waals surface area contributed by atoms with Crippen LogP contribution >= 0.6 is 0 Å². The lowest BCUT2D eigenvalue weighted by atomic mass is 10.1. The highest BCUT2D eigenvalue weighted by atomic mass is 19.1. The topological polar surface area (TPSA) is 41.1 Å². The number of rotatable bonds is 5. The molecule has 2 N–H and O–H groups in total. The Labute approximate surface area is 124 Å². The lowest BCUT2D eigenvalue weighted by Gasteiger charge is -2.17. The van der Waals surface area contributed by atoms with Gasteiger partial charge < -0.3 is 10.6 Å². The van der Waals surface area contributed by atoms with Crippen molar-refractivity contribution in [1.29, 1.82) is 0 Å². The Balaban J connectivity index is 2.06. The molecule has 4 heteroatoms. The summed E-state index contributed by atoms with van der Waals surface area (Å²) in [7, 11) is 0. The number of nitrogens with one attached hydrogen (secondary N) is 2. The summed E-state index contributed by atoms with van der Waals surface area (Å²) in [4.78, 5) is 11.2.